The smallest absolute Gasteiger partial charge is 0.328 e. The molecule has 0 aromatic heterocycles. The molecule has 214 valence electrons. The van der Waals surface area contributed by atoms with Gasteiger partial charge in [0.05, 0.1) is 6.04 Å². The van der Waals surface area contributed by atoms with Crippen LogP contribution in [-0.4, -0.2) is 75.5 Å². The summed E-state index contributed by atoms with van der Waals surface area (Å²) in [5, 5.41) is 15.6. The van der Waals surface area contributed by atoms with Crippen molar-refractivity contribution in [1.29, 1.82) is 0 Å². The van der Waals surface area contributed by atoms with Crippen molar-refractivity contribution in [2.45, 2.75) is 38.3 Å². The topological polar surface area (TPSA) is 141 Å². The van der Waals surface area contributed by atoms with Crippen LogP contribution in [0.5, 0.6) is 0 Å². The van der Waals surface area contributed by atoms with Crippen molar-refractivity contribution in [2.75, 3.05) is 19.6 Å². The fourth-order valence-corrected chi connectivity index (χ4v) is 4.96. The van der Waals surface area contributed by atoms with Gasteiger partial charge in [0.1, 0.15) is 5.82 Å². The Morgan fingerprint density at radius 2 is 1.65 bits per heavy atom. The number of aliphatic carboxylic acids is 2. The number of carbonyl (C=O) groups is 4. The van der Waals surface area contributed by atoms with Crippen molar-refractivity contribution in [1.82, 2.24) is 9.80 Å². The van der Waals surface area contributed by atoms with Gasteiger partial charge in [-0.2, -0.15) is 0 Å². The molecule has 0 unspecified atom stereocenters. The first-order chi connectivity index (χ1) is 18.8. The van der Waals surface area contributed by atoms with Gasteiger partial charge >= 0.3 is 11.9 Å². The monoisotopic (exact) mass is 561 g/mol. The Hall–Kier alpha value is -4.19. The zero-order valence-corrected chi connectivity index (χ0v) is 21.7. The van der Waals surface area contributed by atoms with E-state index in [1.54, 1.807) is 15.9 Å². The number of likely N-dealkylation sites (tertiary alicyclic amines) is 2. The maximum Gasteiger partial charge on any atom is 0.328 e. The molecule has 0 spiro atoms. The van der Waals surface area contributed by atoms with E-state index in [9.17, 15) is 32.3 Å². The second kappa shape index (κ2) is 13.2. The minimum atomic E-state index is -1.26. The molecule has 2 fully saturated rings. The summed E-state index contributed by atoms with van der Waals surface area (Å²) in [6.07, 6.45) is 1.81. The van der Waals surface area contributed by atoms with E-state index in [-0.39, 0.29) is 42.2 Å². The van der Waals surface area contributed by atoms with Gasteiger partial charge in [0.2, 0.25) is 5.91 Å². The van der Waals surface area contributed by atoms with Crippen LogP contribution < -0.4 is 5.73 Å². The third-order valence-electron chi connectivity index (χ3n) is 6.80. The molecule has 0 bridgehead atoms. The molecular weight excluding hydrogens is 531 g/mol. The van der Waals surface area contributed by atoms with Gasteiger partial charge in [-0.15, -0.1) is 0 Å². The van der Waals surface area contributed by atoms with Crippen LogP contribution in [0.15, 0.2) is 48.6 Å². The highest BCUT2D eigenvalue weighted by Crippen LogP contribution is 2.33. The molecule has 2 aromatic carbocycles. The van der Waals surface area contributed by atoms with Crippen LogP contribution in [0, 0.1) is 30.3 Å². The number of amides is 2. The van der Waals surface area contributed by atoms with E-state index in [0.29, 0.717) is 43.4 Å². The van der Waals surface area contributed by atoms with Crippen LogP contribution in [0.4, 0.5) is 13.2 Å². The summed E-state index contributed by atoms with van der Waals surface area (Å²) in [5.41, 5.74) is 7.63. The molecule has 0 aliphatic carbocycles. The highest BCUT2D eigenvalue weighted by molar-refractivity contribution is 5.94. The lowest BCUT2D eigenvalue weighted by atomic mass is 10.0. The number of rotatable bonds is 7. The summed E-state index contributed by atoms with van der Waals surface area (Å²) in [7, 11) is 0. The second-order valence-electron chi connectivity index (χ2n) is 9.82. The maximum absolute atomic E-state index is 13.9. The number of nitrogens with two attached hydrogens (primary N) is 1. The molecule has 9 nitrogen and oxygen atoms in total. The maximum atomic E-state index is 13.9. The molecule has 2 aliphatic rings. The number of hydrogen-bond acceptors (Lipinski definition) is 5. The molecule has 3 atom stereocenters. The number of nitrogens with zero attached hydrogens (tertiary/aromatic N) is 2. The third-order valence-corrected chi connectivity index (χ3v) is 6.80. The lowest BCUT2D eigenvalue weighted by Crippen LogP contribution is -2.43. The van der Waals surface area contributed by atoms with E-state index in [1.807, 2.05) is 25.1 Å². The number of halogens is 3. The first-order valence-corrected chi connectivity index (χ1v) is 12.5. The third kappa shape index (κ3) is 7.92. The van der Waals surface area contributed by atoms with Gasteiger partial charge in [0, 0.05) is 61.8 Å². The van der Waals surface area contributed by atoms with Gasteiger partial charge in [-0.05, 0) is 43.5 Å². The summed E-state index contributed by atoms with van der Waals surface area (Å²) >= 11 is 0. The zero-order valence-electron chi connectivity index (χ0n) is 21.7. The molecule has 4 N–H and O–H groups in total. The van der Waals surface area contributed by atoms with Gasteiger partial charge in [-0.3, -0.25) is 9.59 Å². The number of carboxylic acids is 2. The summed E-state index contributed by atoms with van der Waals surface area (Å²) < 4.78 is 40.4. The van der Waals surface area contributed by atoms with Gasteiger partial charge in [0.15, 0.2) is 11.6 Å². The predicted molar refractivity (Wildman–Crippen MR) is 138 cm³/mol. The Balaban J connectivity index is 0.000000482. The van der Waals surface area contributed by atoms with Crippen molar-refractivity contribution >= 4 is 23.8 Å². The number of fused-ring (bicyclic) bond motifs is 1. The molecule has 0 radical (unpaired) electrons. The average Bonchev–Trinajstić information content (AvgIpc) is 3.47. The first-order valence-electron chi connectivity index (χ1n) is 12.5. The molecule has 2 aliphatic heterocycles. The first kappa shape index (κ1) is 30.4. The lowest BCUT2D eigenvalue weighted by Gasteiger charge is -2.26. The number of benzene rings is 2. The van der Waals surface area contributed by atoms with E-state index in [2.05, 4.69) is 0 Å². The van der Waals surface area contributed by atoms with Gasteiger partial charge < -0.3 is 25.7 Å². The fourth-order valence-electron chi connectivity index (χ4n) is 4.96. The molecule has 2 amide bonds. The Labute approximate surface area is 228 Å². The zero-order chi connectivity index (χ0) is 29.6. The SMILES string of the molecule is Cc1cccc(C(=O)N2C[C@@H]3CCN(C(=O)C[C@H](N)Cc4cc(F)c(F)cc4F)[C@@H]3C2)c1.O=C(O)C=CC(=O)O. The highest BCUT2D eigenvalue weighted by Gasteiger charge is 2.44. The van der Waals surface area contributed by atoms with Crippen LogP contribution in [0.1, 0.15) is 34.3 Å². The van der Waals surface area contributed by atoms with Crippen LogP contribution in [0.3, 0.4) is 0 Å². The largest absolute Gasteiger partial charge is 0.478 e. The Morgan fingerprint density at radius 3 is 2.27 bits per heavy atom. The summed E-state index contributed by atoms with van der Waals surface area (Å²) in [6, 6.07) is 7.92. The van der Waals surface area contributed by atoms with Crippen LogP contribution in [0.2, 0.25) is 0 Å². The predicted octanol–water partition coefficient (Wildman–Crippen LogP) is 2.76. The molecular formula is C28H30F3N3O6. The van der Waals surface area contributed by atoms with Crippen molar-refractivity contribution < 1.29 is 42.6 Å². The van der Waals surface area contributed by atoms with Crippen molar-refractivity contribution in [3.63, 3.8) is 0 Å². The van der Waals surface area contributed by atoms with E-state index in [1.165, 1.54) is 0 Å². The normalized spacial score (nSPS) is 18.7. The minimum Gasteiger partial charge on any atom is -0.478 e. The summed E-state index contributed by atoms with van der Waals surface area (Å²) in [6.45, 7) is 3.60. The average molecular weight is 562 g/mol. The standard InChI is InChI=1S/C24H26F3N3O2.C4H4O4/c1-14-3-2-4-15(7-14)24(32)29-12-16-5-6-30(22(16)13-29)23(31)10-18(28)8-17-9-20(26)21(27)11-19(17)25;5-3(6)1-2-4(7)8/h2-4,7,9,11,16,18,22H,5-6,8,10,12-13,28H2,1H3;1-2H,(H,5,6)(H,7,8)/t16-,18+,22+;/m0./s1. The number of carboxylic acid groups (broad SMARTS) is 2. The van der Waals surface area contributed by atoms with E-state index in [0.717, 1.165) is 18.1 Å². The summed E-state index contributed by atoms with van der Waals surface area (Å²) in [5.74, 6) is -5.79. The molecule has 2 heterocycles. The van der Waals surface area contributed by atoms with E-state index >= 15 is 0 Å². The molecule has 0 saturated carbocycles. The van der Waals surface area contributed by atoms with Gasteiger partial charge in [-0.1, -0.05) is 17.7 Å². The molecule has 2 aromatic rings. The minimum absolute atomic E-state index is 0.0342. The van der Waals surface area contributed by atoms with Gasteiger partial charge in [0.25, 0.3) is 5.91 Å². The van der Waals surface area contributed by atoms with Crippen molar-refractivity contribution in [3.8, 4) is 0 Å². The molecule has 12 heteroatoms. The Bertz CT molecular complexity index is 1300. The number of carbonyl (C=O) groups excluding carboxylic acids is 2. The van der Waals surface area contributed by atoms with Crippen LogP contribution in [-0.2, 0) is 20.8 Å². The second-order valence-corrected chi connectivity index (χ2v) is 9.82. The van der Waals surface area contributed by atoms with Crippen molar-refractivity contribution in [2.24, 2.45) is 11.7 Å². The molecule has 4 rings (SSSR count). The number of hydrogen-bond donors (Lipinski definition) is 3. The van der Waals surface area contributed by atoms with Crippen molar-refractivity contribution in [3.05, 3.63) is 82.7 Å². The highest BCUT2D eigenvalue weighted by atomic mass is 19.2. The Kier molecular flexibility index (Phi) is 10.1. The quantitative estimate of drug-likeness (QED) is 0.349. The fraction of sp³-hybridized carbons (Fsp3) is 0.357. The van der Waals surface area contributed by atoms with Gasteiger partial charge in [-0.25, -0.2) is 22.8 Å². The van der Waals surface area contributed by atoms with E-state index < -0.39 is 35.4 Å². The molecule has 40 heavy (non-hydrogen) atoms. The van der Waals surface area contributed by atoms with E-state index in [4.69, 9.17) is 15.9 Å². The Morgan fingerprint density at radius 1 is 1.00 bits per heavy atom. The summed E-state index contributed by atoms with van der Waals surface area (Å²) in [4.78, 5) is 48.4. The van der Waals surface area contributed by atoms with Crippen LogP contribution >= 0.6 is 0 Å². The molecule has 2 saturated heterocycles. The lowest BCUT2D eigenvalue weighted by molar-refractivity contribution is -0.134. The number of aryl methyl sites for hydroxylation is 1. The van der Waals surface area contributed by atoms with Crippen LogP contribution in [0.25, 0.3) is 0 Å².